The van der Waals surface area contributed by atoms with Gasteiger partial charge in [-0.15, -0.1) is 0 Å². The van der Waals surface area contributed by atoms with Gasteiger partial charge in [0.1, 0.15) is 5.82 Å². The number of rotatable bonds is 6. The molecule has 4 amide bonds. The summed E-state index contributed by atoms with van der Waals surface area (Å²) in [6.07, 6.45) is 0. The Morgan fingerprint density at radius 3 is 2.30 bits per heavy atom. The Bertz CT molecular complexity index is 871. The summed E-state index contributed by atoms with van der Waals surface area (Å²) in [5, 5.41) is 0.253. The molecular weight excluding hydrogens is 373 g/mol. The van der Waals surface area contributed by atoms with Gasteiger partial charge in [-0.1, -0.05) is 48.0 Å². The van der Waals surface area contributed by atoms with Gasteiger partial charge in [0.15, 0.2) is 0 Å². The number of carbonyl (C=O) groups is 3. The highest BCUT2D eigenvalue weighted by atomic mass is 35.5. The lowest BCUT2D eigenvalue weighted by Crippen LogP contribution is -2.40. The molecule has 140 valence electrons. The summed E-state index contributed by atoms with van der Waals surface area (Å²) in [7, 11) is 1.60. The highest BCUT2D eigenvalue weighted by Crippen LogP contribution is 2.21. The molecule has 0 aliphatic carbocycles. The second-order valence-electron chi connectivity index (χ2n) is 6.25. The van der Waals surface area contributed by atoms with Crippen molar-refractivity contribution in [1.82, 2.24) is 14.7 Å². The highest BCUT2D eigenvalue weighted by Gasteiger charge is 2.44. The average Bonchev–Trinajstić information content (AvgIpc) is 2.84. The van der Waals surface area contributed by atoms with Crippen molar-refractivity contribution in [3.8, 4) is 0 Å². The van der Waals surface area contributed by atoms with Crippen molar-refractivity contribution < 1.29 is 18.8 Å². The van der Waals surface area contributed by atoms with E-state index in [1.807, 2.05) is 6.07 Å². The standard InChI is InChI=1S/C19H17ClFN3O3/c1-22(11-14-15(20)8-5-9-16(14)21)12-24-18(26)17(25)23(19(24)27)10-13-6-3-2-4-7-13/h2-9H,10-12H2,1H3. The predicted molar refractivity (Wildman–Crippen MR) is 97.0 cm³/mol. The molecular formula is C19H17ClFN3O3. The minimum atomic E-state index is -0.901. The van der Waals surface area contributed by atoms with Crippen LogP contribution in [0.15, 0.2) is 48.5 Å². The molecule has 1 heterocycles. The summed E-state index contributed by atoms with van der Waals surface area (Å²) < 4.78 is 13.9. The molecule has 8 heteroatoms. The number of hydrogen-bond donors (Lipinski definition) is 0. The molecule has 0 spiro atoms. The minimum Gasteiger partial charge on any atom is -0.284 e. The largest absolute Gasteiger partial charge is 0.335 e. The number of hydrogen-bond acceptors (Lipinski definition) is 4. The molecule has 0 saturated carbocycles. The monoisotopic (exact) mass is 389 g/mol. The van der Waals surface area contributed by atoms with Crippen molar-refractivity contribution >= 4 is 29.4 Å². The number of carbonyl (C=O) groups excluding carboxylic acids is 3. The average molecular weight is 390 g/mol. The van der Waals surface area contributed by atoms with E-state index in [2.05, 4.69) is 0 Å². The molecule has 1 aliphatic heterocycles. The van der Waals surface area contributed by atoms with Gasteiger partial charge >= 0.3 is 17.8 Å². The maximum Gasteiger partial charge on any atom is 0.335 e. The molecule has 27 heavy (non-hydrogen) atoms. The molecule has 0 N–H and O–H groups in total. The topological polar surface area (TPSA) is 60.9 Å². The van der Waals surface area contributed by atoms with Crippen LogP contribution in [0, 0.1) is 5.82 Å². The molecule has 1 aliphatic rings. The molecule has 2 aromatic rings. The molecule has 1 saturated heterocycles. The lowest BCUT2D eigenvalue weighted by atomic mass is 10.2. The van der Waals surface area contributed by atoms with E-state index in [4.69, 9.17) is 11.6 Å². The van der Waals surface area contributed by atoms with Gasteiger partial charge in [-0.25, -0.2) is 14.1 Å². The third-order valence-electron chi connectivity index (χ3n) is 4.19. The Kier molecular flexibility index (Phi) is 5.53. The summed E-state index contributed by atoms with van der Waals surface area (Å²) in [5.74, 6) is -2.25. The van der Waals surface area contributed by atoms with Crippen molar-refractivity contribution in [1.29, 1.82) is 0 Å². The number of benzene rings is 2. The van der Waals surface area contributed by atoms with Crippen molar-refractivity contribution in [2.75, 3.05) is 13.7 Å². The lowest BCUT2D eigenvalue weighted by Gasteiger charge is -2.23. The lowest BCUT2D eigenvalue weighted by molar-refractivity contribution is -0.144. The van der Waals surface area contributed by atoms with Gasteiger partial charge in [0.25, 0.3) is 0 Å². The minimum absolute atomic E-state index is 0.0175. The number of imide groups is 2. The maximum atomic E-state index is 13.9. The second-order valence-corrected chi connectivity index (χ2v) is 6.66. The van der Waals surface area contributed by atoms with E-state index >= 15 is 0 Å². The first-order valence-corrected chi connectivity index (χ1v) is 8.59. The molecule has 3 rings (SSSR count). The van der Waals surface area contributed by atoms with E-state index in [1.165, 1.54) is 12.1 Å². The van der Waals surface area contributed by atoms with Crippen LogP contribution in [0.5, 0.6) is 0 Å². The van der Waals surface area contributed by atoms with E-state index in [-0.39, 0.29) is 30.3 Å². The molecule has 0 bridgehead atoms. The molecule has 0 aromatic heterocycles. The second kappa shape index (κ2) is 7.85. The van der Waals surface area contributed by atoms with Crippen LogP contribution in [0.4, 0.5) is 9.18 Å². The Hall–Kier alpha value is -2.77. The third-order valence-corrected chi connectivity index (χ3v) is 4.55. The van der Waals surface area contributed by atoms with Crippen LogP contribution in [0.1, 0.15) is 11.1 Å². The molecule has 2 aromatic carbocycles. The summed E-state index contributed by atoms with van der Waals surface area (Å²) in [6, 6.07) is 12.6. The van der Waals surface area contributed by atoms with Gasteiger partial charge in [-0.2, -0.15) is 0 Å². The highest BCUT2D eigenvalue weighted by molar-refractivity contribution is 6.44. The van der Waals surface area contributed by atoms with Crippen LogP contribution in [0.3, 0.4) is 0 Å². The van der Waals surface area contributed by atoms with Crippen molar-refractivity contribution in [3.05, 3.63) is 70.5 Å². The van der Waals surface area contributed by atoms with Crippen molar-refractivity contribution in [3.63, 3.8) is 0 Å². The SMILES string of the molecule is CN(Cc1c(F)cccc1Cl)CN1C(=O)C(=O)N(Cc2ccccc2)C1=O. The van der Waals surface area contributed by atoms with Crippen molar-refractivity contribution in [2.24, 2.45) is 0 Å². The Labute approximate surface area is 160 Å². The van der Waals surface area contributed by atoms with Crippen molar-refractivity contribution in [2.45, 2.75) is 13.1 Å². The number of amides is 4. The van der Waals surface area contributed by atoms with E-state index in [0.29, 0.717) is 0 Å². The van der Waals surface area contributed by atoms with E-state index in [9.17, 15) is 18.8 Å². The number of urea groups is 1. The fourth-order valence-corrected chi connectivity index (χ4v) is 3.05. The number of nitrogens with zero attached hydrogens (tertiary/aromatic N) is 3. The summed E-state index contributed by atoms with van der Waals surface area (Å²) in [6.45, 7) is -0.0571. The Balaban J connectivity index is 1.70. The van der Waals surface area contributed by atoms with E-state index in [1.54, 1.807) is 42.3 Å². The van der Waals surface area contributed by atoms with Crippen LogP contribution in [-0.2, 0) is 22.7 Å². The van der Waals surface area contributed by atoms with Gasteiger partial charge in [-0.05, 0) is 24.7 Å². The zero-order valence-corrected chi connectivity index (χ0v) is 15.3. The summed E-state index contributed by atoms with van der Waals surface area (Å²) in [5.41, 5.74) is 0.994. The third kappa shape index (κ3) is 3.99. The molecule has 1 fully saturated rings. The smallest absolute Gasteiger partial charge is 0.284 e. The normalized spacial score (nSPS) is 14.6. The fourth-order valence-electron chi connectivity index (χ4n) is 2.83. The van der Waals surface area contributed by atoms with E-state index in [0.717, 1.165) is 15.4 Å². The van der Waals surface area contributed by atoms with Crippen LogP contribution < -0.4 is 0 Å². The van der Waals surface area contributed by atoms with Crippen LogP contribution >= 0.6 is 11.6 Å². The zero-order chi connectivity index (χ0) is 19.6. The zero-order valence-electron chi connectivity index (χ0n) is 14.6. The Morgan fingerprint density at radius 2 is 1.63 bits per heavy atom. The van der Waals surface area contributed by atoms with Gasteiger partial charge in [0, 0.05) is 17.1 Å². The fraction of sp³-hybridized carbons (Fsp3) is 0.211. The van der Waals surface area contributed by atoms with Crippen LogP contribution in [0.2, 0.25) is 5.02 Å². The molecule has 0 radical (unpaired) electrons. The molecule has 6 nitrogen and oxygen atoms in total. The molecule has 0 atom stereocenters. The molecule has 0 unspecified atom stereocenters. The van der Waals surface area contributed by atoms with Crippen LogP contribution in [0.25, 0.3) is 0 Å². The predicted octanol–water partition coefficient (Wildman–Crippen LogP) is 2.86. The summed E-state index contributed by atoms with van der Waals surface area (Å²) >= 11 is 6.01. The first kappa shape index (κ1) is 19.0. The first-order chi connectivity index (χ1) is 12.9. The Morgan fingerprint density at radius 1 is 0.963 bits per heavy atom. The number of halogens is 2. The van der Waals surface area contributed by atoms with Crippen LogP contribution in [-0.4, -0.2) is 46.3 Å². The van der Waals surface area contributed by atoms with Gasteiger partial charge in [-0.3, -0.25) is 19.4 Å². The van der Waals surface area contributed by atoms with Gasteiger partial charge in [0.2, 0.25) is 0 Å². The van der Waals surface area contributed by atoms with Gasteiger partial charge in [0.05, 0.1) is 13.2 Å². The maximum absolute atomic E-state index is 13.9. The van der Waals surface area contributed by atoms with E-state index < -0.39 is 23.7 Å². The van der Waals surface area contributed by atoms with Gasteiger partial charge < -0.3 is 0 Å². The first-order valence-electron chi connectivity index (χ1n) is 8.21. The quantitative estimate of drug-likeness (QED) is 0.563. The summed E-state index contributed by atoms with van der Waals surface area (Å²) in [4.78, 5) is 40.2.